The van der Waals surface area contributed by atoms with Crippen molar-refractivity contribution in [3.63, 3.8) is 0 Å². The van der Waals surface area contributed by atoms with Gasteiger partial charge in [-0.15, -0.1) is 11.3 Å². The van der Waals surface area contributed by atoms with Crippen molar-refractivity contribution in [2.45, 2.75) is 26.4 Å². The first-order valence-corrected chi connectivity index (χ1v) is 7.62. The van der Waals surface area contributed by atoms with Gasteiger partial charge in [0.1, 0.15) is 4.88 Å². The molecule has 110 valence electrons. The van der Waals surface area contributed by atoms with E-state index in [4.69, 9.17) is 4.74 Å². The highest BCUT2D eigenvalue weighted by Gasteiger charge is 2.19. The summed E-state index contributed by atoms with van der Waals surface area (Å²) < 4.78 is 5.13. The minimum absolute atomic E-state index is 0.343. The predicted octanol–water partition coefficient (Wildman–Crippen LogP) is 3.49. The number of hydrogen-bond donors (Lipinski definition) is 1. The van der Waals surface area contributed by atoms with Crippen LogP contribution in [0.3, 0.4) is 0 Å². The third-order valence-corrected chi connectivity index (χ3v) is 3.86. The lowest BCUT2D eigenvalue weighted by molar-refractivity contribution is -0.123. The Morgan fingerprint density at radius 1 is 1.24 bits per heavy atom. The second-order valence-electron chi connectivity index (χ2n) is 4.56. The van der Waals surface area contributed by atoms with Crippen LogP contribution in [0.25, 0.3) is 0 Å². The molecule has 1 N–H and O–H groups in total. The van der Waals surface area contributed by atoms with Gasteiger partial charge in [0.15, 0.2) is 6.10 Å². The monoisotopic (exact) mass is 303 g/mol. The molecule has 0 radical (unpaired) electrons. The van der Waals surface area contributed by atoms with Crippen molar-refractivity contribution in [3.05, 3.63) is 52.2 Å². The van der Waals surface area contributed by atoms with Gasteiger partial charge in [-0.3, -0.25) is 4.79 Å². The number of amides is 1. The second kappa shape index (κ2) is 7.04. The Bertz CT molecular complexity index is 605. The summed E-state index contributed by atoms with van der Waals surface area (Å²) in [4.78, 5) is 24.2. The summed E-state index contributed by atoms with van der Waals surface area (Å²) >= 11 is 1.29. The molecule has 1 unspecified atom stereocenters. The molecule has 2 rings (SSSR count). The van der Waals surface area contributed by atoms with E-state index in [0.29, 0.717) is 10.6 Å². The van der Waals surface area contributed by atoms with E-state index in [2.05, 4.69) is 12.2 Å². The quantitative estimate of drug-likeness (QED) is 0.860. The molecule has 0 aliphatic rings. The average Bonchev–Trinajstić information content (AvgIpc) is 3.02. The van der Waals surface area contributed by atoms with Gasteiger partial charge in [0.25, 0.3) is 5.91 Å². The molecular weight excluding hydrogens is 286 g/mol. The van der Waals surface area contributed by atoms with E-state index in [9.17, 15) is 9.59 Å². The van der Waals surface area contributed by atoms with E-state index >= 15 is 0 Å². The van der Waals surface area contributed by atoms with Crippen molar-refractivity contribution in [2.75, 3.05) is 5.32 Å². The Balaban J connectivity index is 1.91. The van der Waals surface area contributed by atoms with Crippen molar-refractivity contribution in [3.8, 4) is 0 Å². The van der Waals surface area contributed by atoms with Crippen molar-refractivity contribution in [2.24, 2.45) is 0 Å². The molecule has 0 fully saturated rings. The molecule has 0 bridgehead atoms. The number of nitrogens with one attached hydrogen (secondary N) is 1. The molecule has 5 heteroatoms. The SMILES string of the molecule is CCc1ccc(NC(=O)C(C)OC(=O)c2cccs2)cc1. The van der Waals surface area contributed by atoms with Crippen LogP contribution in [0.2, 0.25) is 0 Å². The third kappa shape index (κ3) is 4.16. The maximum atomic E-state index is 12.0. The van der Waals surface area contributed by atoms with Crippen LogP contribution in [-0.4, -0.2) is 18.0 Å². The fourth-order valence-corrected chi connectivity index (χ4v) is 2.34. The highest BCUT2D eigenvalue weighted by atomic mass is 32.1. The van der Waals surface area contributed by atoms with Crippen LogP contribution in [0.5, 0.6) is 0 Å². The van der Waals surface area contributed by atoms with Crippen molar-refractivity contribution in [1.29, 1.82) is 0 Å². The van der Waals surface area contributed by atoms with E-state index < -0.39 is 12.1 Å². The van der Waals surface area contributed by atoms with Gasteiger partial charge >= 0.3 is 5.97 Å². The Kier molecular flexibility index (Phi) is 5.11. The number of hydrogen-bond acceptors (Lipinski definition) is 4. The first-order valence-electron chi connectivity index (χ1n) is 6.74. The molecule has 0 saturated carbocycles. The lowest BCUT2D eigenvalue weighted by Gasteiger charge is -2.13. The number of carbonyl (C=O) groups is 2. The summed E-state index contributed by atoms with van der Waals surface area (Å²) in [7, 11) is 0. The molecule has 1 heterocycles. The molecule has 21 heavy (non-hydrogen) atoms. The van der Waals surface area contributed by atoms with Gasteiger partial charge in [0, 0.05) is 5.69 Å². The zero-order valence-electron chi connectivity index (χ0n) is 12.0. The largest absolute Gasteiger partial charge is 0.448 e. The van der Waals surface area contributed by atoms with Gasteiger partial charge in [-0.25, -0.2) is 4.79 Å². The number of ether oxygens (including phenoxy) is 1. The molecule has 1 aromatic carbocycles. The van der Waals surface area contributed by atoms with Crippen LogP contribution in [0.4, 0.5) is 5.69 Å². The number of carbonyl (C=O) groups excluding carboxylic acids is 2. The number of esters is 1. The molecule has 0 aliphatic carbocycles. The average molecular weight is 303 g/mol. The number of benzene rings is 1. The Morgan fingerprint density at radius 3 is 2.52 bits per heavy atom. The van der Waals surface area contributed by atoms with Gasteiger partial charge in [-0.1, -0.05) is 25.1 Å². The van der Waals surface area contributed by atoms with E-state index in [1.54, 1.807) is 24.4 Å². The normalized spacial score (nSPS) is 11.7. The van der Waals surface area contributed by atoms with E-state index in [1.807, 2.05) is 24.3 Å². The highest BCUT2D eigenvalue weighted by Crippen LogP contribution is 2.13. The molecule has 1 atom stereocenters. The lowest BCUT2D eigenvalue weighted by Crippen LogP contribution is -2.29. The van der Waals surface area contributed by atoms with Gasteiger partial charge in [-0.2, -0.15) is 0 Å². The van der Waals surface area contributed by atoms with Gasteiger partial charge in [0.05, 0.1) is 0 Å². The van der Waals surface area contributed by atoms with Crippen LogP contribution < -0.4 is 5.32 Å². The number of anilines is 1. The fraction of sp³-hybridized carbons (Fsp3) is 0.250. The van der Waals surface area contributed by atoms with Crippen LogP contribution >= 0.6 is 11.3 Å². The van der Waals surface area contributed by atoms with E-state index in [1.165, 1.54) is 16.9 Å². The Morgan fingerprint density at radius 2 is 1.95 bits per heavy atom. The summed E-state index contributed by atoms with van der Waals surface area (Å²) in [5.41, 5.74) is 1.89. The summed E-state index contributed by atoms with van der Waals surface area (Å²) in [6.45, 7) is 3.63. The topological polar surface area (TPSA) is 55.4 Å². The highest BCUT2D eigenvalue weighted by molar-refractivity contribution is 7.11. The molecule has 2 aromatic rings. The van der Waals surface area contributed by atoms with E-state index in [0.717, 1.165) is 6.42 Å². The standard InChI is InChI=1S/C16H17NO3S/c1-3-12-6-8-13(9-7-12)17-15(18)11(2)20-16(19)14-5-4-10-21-14/h4-11H,3H2,1-2H3,(H,17,18). The molecular formula is C16H17NO3S. The lowest BCUT2D eigenvalue weighted by atomic mass is 10.1. The summed E-state index contributed by atoms with van der Waals surface area (Å²) in [5, 5.41) is 4.52. The first kappa shape index (κ1) is 15.3. The Labute approximate surface area is 127 Å². The first-order chi connectivity index (χ1) is 10.1. The summed E-state index contributed by atoms with van der Waals surface area (Å²) in [6, 6.07) is 11.0. The van der Waals surface area contributed by atoms with Gasteiger partial charge in [0.2, 0.25) is 0 Å². The van der Waals surface area contributed by atoms with Crippen molar-refractivity contribution < 1.29 is 14.3 Å². The number of rotatable bonds is 5. The zero-order chi connectivity index (χ0) is 15.2. The van der Waals surface area contributed by atoms with Crippen molar-refractivity contribution >= 4 is 28.9 Å². The van der Waals surface area contributed by atoms with Crippen LogP contribution in [-0.2, 0) is 16.0 Å². The summed E-state index contributed by atoms with van der Waals surface area (Å²) in [5.74, 6) is -0.821. The minimum atomic E-state index is -0.842. The van der Waals surface area contributed by atoms with Crippen LogP contribution in [0, 0.1) is 0 Å². The zero-order valence-corrected chi connectivity index (χ0v) is 12.8. The maximum absolute atomic E-state index is 12.0. The van der Waals surface area contributed by atoms with Crippen molar-refractivity contribution in [1.82, 2.24) is 0 Å². The number of thiophene rings is 1. The maximum Gasteiger partial charge on any atom is 0.349 e. The molecule has 1 aromatic heterocycles. The molecule has 1 amide bonds. The van der Waals surface area contributed by atoms with Crippen LogP contribution in [0.15, 0.2) is 41.8 Å². The Hall–Kier alpha value is -2.14. The summed E-state index contributed by atoms with van der Waals surface area (Å²) in [6.07, 6.45) is 0.105. The minimum Gasteiger partial charge on any atom is -0.448 e. The molecule has 0 aliphatic heterocycles. The smallest absolute Gasteiger partial charge is 0.349 e. The molecule has 0 spiro atoms. The molecule has 4 nitrogen and oxygen atoms in total. The van der Waals surface area contributed by atoms with E-state index in [-0.39, 0.29) is 5.91 Å². The number of aryl methyl sites for hydroxylation is 1. The van der Waals surface area contributed by atoms with Gasteiger partial charge < -0.3 is 10.1 Å². The third-order valence-electron chi connectivity index (χ3n) is 3.01. The predicted molar refractivity (Wildman–Crippen MR) is 83.6 cm³/mol. The molecule has 0 saturated heterocycles. The van der Waals surface area contributed by atoms with Crippen LogP contribution in [0.1, 0.15) is 29.1 Å². The van der Waals surface area contributed by atoms with Gasteiger partial charge in [-0.05, 0) is 42.5 Å². The second-order valence-corrected chi connectivity index (χ2v) is 5.51. The fourth-order valence-electron chi connectivity index (χ4n) is 1.73.